The van der Waals surface area contributed by atoms with Crippen LogP contribution in [0.3, 0.4) is 0 Å². The number of nitrogens with zero attached hydrogens (tertiary/aromatic N) is 3. The summed E-state index contributed by atoms with van der Waals surface area (Å²) in [6.45, 7) is 11.6. The molecule has 0 bridgehead atoms. The molecule has 3 rings (SSSR count). The number of morpholine rings is 1. The summed E-state index contributed by atoms with van der Waals surface area (Å²) >= 11 is 0. The number of hydrogen-bond acceptors (Lipinski definition) is 4. The molecule has 0 saturated carbocycles. The molecule has 0 spiro atoms. The van der Waals surface area contributed by atoms with Crippen LogP contribution in [0.1, 0.15) is 50.7 Å². The minimum atomic E-state index is 0. The van der Waals surface area contributed by atoms with Crippen molar-refractivity contribution in [1.29, 1.82) is 0 Å². The maximum absolute atomic E-state index is 12.6. The maximum atomic E-state index is 12.6. The van der Waals surface area contributed by atoms with E-state index in [1.54, 1.807) is 0 Å². The second kappa shape index (κ2) is 14.7. The maximum Gasteiger partial charge on any atom is 0.224 e. The highest BCUT2D eigenvalue weighted by Crippen LogP contribution is 2.17. The number of likely N-dealkylation sites (tertiary alicyclic amines) is 1. The number of halogens is 1. The number of ether oxygens (including phenoxy) is 1. The number of rotatable bonds is 8. The van der Waals surface area contributed by atoms with Crippen LogP contribution in [-0.2, 0) is 22.6 Å². The average Bonchev–Trinajstić information content (AvgIpc) is 2.79. The van der Waals surface area contributed by atoms with E-state index in [0.29, 0.717) is 25.6 Å². The summed E-state index contributed by atoms with van der Waals surface area (Å²) < 4.78 is 5.47. The van der Waals surface area contributed by atoms with Gasteiger partial charge in [-0.3, -0.25) is 9.69 Å². The molecule has 2 saturated heterocycles. The molecular weight excluding hydrogens is 517 g/mol. The Morgan fingerprint density at radius 2 is 1.88 bits per heavy atom. The van der Waals surface area contributed by atoms with Crippen LogP contribution in [0.25, 0.3) is 0 Å². The van der Waals surface area contributed by atoms with E-state index in [2.05, 4.69) is 53.6 Å². The second-order valence-corrected chi connectivity index (χ2v) is 8.46. The normalized spacial score (nSPS) is 19.9. The predicted molar refractivity (Wildman–Crippen MR) is 140 cm³/mol. The number of amides is 1. The molecule has 1 atom stereocenters. The van der Waals surface area contributed by atoms with E-state index in [0.717, 1.165) is 64.7 Å². The first kappa shape index (κ1) is 26.9. The van der Waals surface area contributed by atoms with Gasteiger partial charge in [0.15, 0.2) is 5.96 Å². The molecule has 1 aromatic carbocycles. The molecule has 32 heavy (non-hydrogen) atoms. The minimum Gasteiger partial charge on any atom is -0.379 e. The van der Waals surface area contributed by atoms with E-state index in [1.165, 1.54) is 17.5 Å². The van der Waals surface area contributed by atoms with Gasteiger partial charge < -0.3 is 20.3 Å². The molecule has 0 aliphatic carbocycles. The van der Waals surface area contributed by atoms with Gasteiger partial charge in [-0.1, -0.05) is 24.3 Å². The first-order valence-corrected chi connectivity index (χ1v) is 11.9. The molecular formula is C24H40IN5O2. The third-order valence-electron chi connectivity index (χ3n) is 6.12. The third kappa shape index (κ3) is 8.51. The Morgan fingerprint density at radius 3 is 2.59 bits per heavy atom. The number of piperidine rings is 1. The van der Waals surface area contributed by atoms with Gasteiger partial charge in [0.1, 0.15) is 0 Å². The van der Waals surface area contributed by atoms with Crippen LogP contribution >= 0.6 is 24.0 Å². The van der Waals surface area contributed by atoms with Crippen molar-refractivity contribution in [3.63, 3.8) is 0 Å². The number of carbonyl (C=O) groups is 1. The number of carbonyl (C=O) groups excluding carboxylic acids is 1. The van der Waals surface area contributed by atoms with Gasteiger partial charge in [0, 0.05) is 51.7 Å². The van der Waals surface area contributed by atoms with Gasteiger partial charge in [0.05, 0.1) is 19.8 Å². The lowest BCUT2D eigenvalue weighted by atomic mass is 10.0. The molecule has 180 valence electrons. The zero-order valence-electron chi connectivity index (χ0n) is 19.6. The zero-order chi connectivity index (χ0) is 21.9. The van der Waals surface area contributed by atoms with Crippen molar-refractivity contribution in [2.75, 3.05) is 45.9 Å². The molecule has 1 aromatic rings. The molecule has 0 aromatic heterocycles. The predicted octanol–water partition coefficient (Wildman–Crippen LogP) is 2.98. The van der Waals surface area contributed by atoms with Gasteiger partial charge in [-0.2, -0.15) is 0 Å². The van der Waals surface area contributed by atoms with Crippen LogP contribution in [-0.4, -0.2) is 73.6 Å². The molecule has 2 fully saturated rings. The van der Waals surface area contributed by atoms with Crippen molar-refractivity contribution < 1.29 is 9.53 Å². The van der Waals surface area contributed by atoms with Crippen LogP contribution in [0.4, 0.5) is 0 Å². The van der Waals surface area contributed by atoms with Gasteiger partial charge >= 0.3 is 0 Å². The van der Waals surface area contributed by atoms with Crippen LogP contribution in [0, 0.1) is 0 Å². The van der Waals surface area contributed by atoms with Crippen LogP contribution in [0.15, 0.2) is 29.3 Å². The highest BCUT2D eigenvalue weighted by atomic mass is 127. The van der Waals surface area contributed by atoms with Gasteiger partial charge in [0.25, 0.3) is 0 Å². The van der Waals surface area contributed by atoms with E-state index in [9.17, 15) is 4.79 Å². The summed E-state index contributed by atoms with van der Waals surface area (Å²) in [4.78, 5) is 21.8. The van der Waals surface area contributed by atoms with E-state index in [-0.39, 0.29) is 29.9 Å². The average molecular weight is 558 g/mol. The molecule has 0 radical (unpaired) electrons. The monoisotopic (exact) mass is 557 g/mol. The summed E-state index contributed by atoms with van der Waals surface area (Å²) in [6, 6.07) is 8.89. The Bertz CT molecular complexity index is 724. The number of nitrogens with one attached hydrogen (secondary N) is 2. The van der Waals surface area contributed by atoms with Crippen LogP contribution in [0.2, 0.25) is 0 Å². The Balaban J connectivity index is 0.00000363. The van der Waals surface area contributed by atoms with Crippen molar-refractivity contribution in [3.8, 4) is 0 Å². The summed E-state index contributed by atoms with van der Waals surface area (Å²) in [5.41, 5.74) is 2.56. The van der Waals surface area contributed by atoms with Crippen molar-refractivity contribution >= 4 is 35.8 Å². The van der Waals surface area contributed by atoms with Gasteiger partial charge in [0.2, 0.25) is 5.91 Å². The fourth-order valence-electron chi connectivity index (χ4n) is 4.27. The molecule has 2 heterocycles. The minimum absolute atomic E-state index is 0. The van der Waals surface area contributed by atoms with E-state index in [1.807, 2.05) is 4.90 Å². The van der Waals surface area contributed by atoms with E-state index < -0.39 is 0 Å². The van der Waals surface area contributed by atoms with Crippen LogP contribution in [0.5, 0.6) is 0 Å². The van der Waals surface area contributed by atoms with Gasteiger partial charge in [-0.15, -0.1) is 24.0 Å². The van der Waals surface area contributed by atoms with Gasteiger partial charge in [-0.25, -0.2) is 4.99 Å². The first-order chi connectivity index (χ1) is 15.2. The highest BCUT2D eigenvalue weighted by molar-refractivity contribution is 14.0. The number of hydrogen-bond donors (Lipinski definition) is 2. The van der Waals surface area contributed by atoms with Crippen molar-refractivity contribution in [1.82, 2.24) is 20.4 Å². The summed E-state index contributed by atoms with van der Waals surface area (Å²) in [5, 5.41) is 6.64. The molecule has 8 heteroatoms. The summed E-state index contributed by atoms with van der Waals surface area (Å²) in [7, 11) is 0. The Kier molecular flexibility index (Phi) is 12.3. The summed E-state index contributed by atoms with van der Waals surface area (Å²) in [6.07, 6.45) is 3.97. The lowest BCUT2D eigenvalue weighted by molar-refractivity contribution is -0.134. The van der Waals surface area contributed by atoms with E-state index >= 15 is 0 Å². The third-order valence-corrected chi connectivity index (χ3v) is 6.12. The molecule has 7 nitrogen and oxygen atoms in total. The van der Waals surface area contributed by atoms with Crippen molar-refractivity contribution in [2.45, 2.75) is 58.7 Å². The smallest absolute Gasteiger partial charge is 0.224 e. The topological polar surface area (TPSA) is 69.2 Å². The molecule has 2 aliphatic heterocycles. The largest absolute Gasteiger partial charge is 0.379 e. The number of guanidine groups is 1. The highest BCUT2D eigenvalue weighted by Gasteiger charge is 2.22. The second-order valence-electron chi connectivity index (χ2n) is 8.46. The fourth-order valence-corrected chi connectivity index (χ4v) is 4.27. The quantitative estimate of drug-likeness (QED) is 0.292. The molecule has 1 unspecified atom stereocenters. The lowest BCUT2D eigenvalue weighted by Crippen LogP contribution is -2.44. The summed E-state index contributed by atoms with van der Waals surface area (Å²) in [5.74, 6) is 1.01. The van der Waals surface area contributed by atoms with Crippen LogP contribution < -0.4 is 10.6 Å². The number of aliphatic imine (C=N–C) groups is 1. The first-order valence-electron chi connectivity index (χ1n) is 11.9. The number of benzene rings is 1. The Hall–Kier alpha value is -1.39. The fraction of sp³-hybridized carbons (Fsp3) is 0.667. The molecule has 2 aliphatic rings. The SMILES string of the molecule is CCNC(=NCc1ccccc1CN1CCOCC1)NCCC(=O)N1CCCCC1C.I. The Labute approximate surface area is 210 Å². The van der Waals surface area contributed by atoms with Crippen molar-refractivity contribution in [2.24, 2.45) is 4.99 Å². The lowest BCUT2D eigenvalue weighted by Gasteiger charge is -2.33. The molecule has 2 N–H and O–H groups in total. The van der Waals surface area contributed by atoms with Crippen molar-refractivity contribution in [3.05, 3.63) is 35.4 Å². The van der Waals surface area contributed by atoms with E-state index in [4.69, 9.17) is 9.73 Å². The van der Waals surface area contributed by atoms with Gasteiger partial charge in [-0.05, 0) is 44.2 Å². The Morgan fingerprint density at radius 1 is 1.12 bits per heavy atom. The standard InChI is InChI=1S/C24H39N5O2.HI/c1-3-25-24(26-12-11-23(30)29-13-7-6-8-20(29)2)27-18-21-9-4-5-10-22(21)19-28-14-16-31-17-15-28;/h4-5,9-10,20H,3,6-8,11-19H2,1-2H3,(H2,25,26,27);1H. The zero-order valence-corrected chi connectivity index (χ0v) is 22.0. The molecule has 1 amide bonds.